The van der Waals surface area contributed by atoms with E-state index >= 15 is 0 Å². The van der Waals surface area contributed by atoms with E-state index in [2.05, 4.69) is 60.6 Å². The first-order chi connectivity index (χ1) is 21.2. The van der Waals surface area contributed by atoms with Crippen molar-refractivity contribution in [1.82, 2.24) is 28.0 Å². The number of hydrogen-bond acceptors (Lipinski definition) is 9. The van der Waals surface area contributed by atoms with Gasteiger partial charge in [0.25, 0.3) is 0 Å². The van der Waals surface area contributed by atoms with Crippen molar-refractivity contribution in [3.63, 3.8) is 0 Å². The zero-order chi connectivity index (χ0) is 29.2. The monoisotopic (exact) mass is 699 g/mol. The Labute approximate surface area is 280 Å². The van der Waals surface area contributed by atoms with Crippen molar-refractivity contribution < 1.29 is 17.1 Å². The first kappa shape index (κ1) is 34.8. The second-order valence-corrected chi connectivity index (χ2v) is 21.5. The molecule has 1 atom stereocenters. The molecule has 1 unspecified atom stereocenters. The smallest absolute Gasteiger partial charge is 0.240 e. The zero-order valence-electron chi connectivity index (χ0n) is 26.6. The van der Waals surface area contributed by atoms with Gasteiger partial charge in [0.05, 0.1) is 0 Å². The standard InChI is InChI=1S/C26H47N9P3.C5H5.Fe/c1-2-30-23-24-35(25-26-13-3-4-14-26)36(30)27-37(31-15-5-6-16-31,32-17-7-8-18-32)29-38(28-36,33-19-9-10-20-33)34-21-11-12-22-34;1-2-4-5-3-1;/h3-4,13-14H,2,5-12,15-25H2,1H3;1-5H;/q;;+2. The summed E-state index contributed by atoms with van der Waals surface area (Å²) in [6.45, 7) is 15.8. The summed E-state index contributed by atoms with van der Waals surface area (Å²) in [6, 6.07) is 0. The van der Waals surface area contributed by atoms with Gasteiger partial charge in [0.15, 0.2) is 0 Å². The van der Waals surface area contributed by atoms with Crippen molar-refractivity contribution in [3.05, 3.63) is 63.7 Å². The molecule has 6 heterocycles. The molecule has 0 aromatic heterocycles. The summed E-state index contributed by atoms with van der Waals surface area (Å²) in [5.41, 5.74) is 0. The predicted molar refractivity (Wildman–Crippen MR) is 182 cm³/mol. The van der Waals surface area contributed by atoms with Gasteiger partial charge in [-0.1, -0.05) is 6.92 Å². The van der Waals surface area contributed by atoms with Gasteiger partial charge in [0.1, 0.15) is 0 Å². The summed E-state index contributed by atoms with van der Waals surface area (Å²) in [4.78, 5) is 0. The van der Waals surface area contributed by atoms with E-state index in [1.165, 1.54) is 57.3 Å². The van der Waals surface area contributed by atoms with Gasteiger partial charge in [0.2, 0.25) is 22.5 Å². The van der Waals surface area contributed by atoms with Crippen LogP contribution in [0.2, 0.25) is 0 Å². The van der Waals surface area contributed by atoms with Gasteiger partial charge >= 0.3 is 17.1 Å². The van der Waals surface area contributed by atoms with Crippen LogP contribution < -0.4 is 0 Å². The first-order valence-corrected chi connectivity index (χ1v) is 21.8. The molecule has 9 nitrogen and oxygen atoms in total. The first-order valence-electron chi connectivity index (χ1n) is 17.0. The van der Waals surface area contributed by atoms with E-state index in [1.807, 2.05) is 32.1 Å². The predicted octanol–water partition coefficient (Wildman–Crippen LogP) is 7.28. The summed E-state index contributed by atoms with van der Waals surface area (Å²) in [5.74, 6) is 1.41. The van der Waals surface area contributed by atoms with Gasteiger partial charge < -0.3 is 0 Å². The molecule has 44 heavy (non-hydrogen) atoms. The van der Waals surface area contributed by atoms with E-state index in [0.29, 0.717) is 0 Å². The molecule has 0 aromatic rings. The zero-order valence-corrected chi connectivity index (χ0v) is 30.3. The minimum Gasteiger partial charge on any atom is -0.240 e. The molecule has 8 aliphatic rings. The molecule has 7 fully saturated rings. The molecule has 5 saturated heterocycles. The normalized spacial score (nSPS) is 33.8. The fourth-order valence-corrected chi connectivity index (χ4v) is 24.2. The van der Waals surface area contributed by atoms with Crippen LogP contribution in [0.4, 0.5) is 0 Å². The fraction of sp³-hybridized carbons (Fsp3) is 0.677. The molecule has 242 valence electrons. The van der Waals surface area contributed by atoms with Crippen molar-refractivity contribution in [2.45, 2.75) is 58.3 Å². The molecule has 8 rings (SSSR count). The number of rotatable bonds is 7. The maximum absolute atomic E-state index is 6.26. The third-order valence-electron chi connectivity index (χ3n) is 9.96. The Balaban J connectivity index is 0.000000522. The maximum atomic E-state index is 6.26. The summed E-state index contributed by atoms with van der Waals surface area (Å²) in [6.07, 6.45) is 29.3. The van der Waals surface area contributed by atoms with Crippen LogP contribution in [0.5, 0.6) is 0 Å². The van der Waals surface area contributed by atoms with Crippen LogP contribution in [0.3, 0.4) is 0 Å². The fourth-order valence-electron chi connectivity index (χ4n) is 7.70. The molecule has 2 aliphatic carbocycles. The Morgan fingerprint density at radius 2 is 0.818 bits per heavy atom. The van der Waals surface area contributed by atoms with E-state index < -0.39 is 22.5 Å². The van der Waals surface area contributed by atoms with Crippen molar-refractivity contribution >= 4 is 22.5 Å². The molecule has 2 saturated carbocycles. The second kappa shape index (κ2) is 15.7. The SMILES string of the molecule is CCN1CCN(C[C]2[CH][CH][CH][CH]2)P12=NP(N1CCCC1)(N1CCCC1)=NP(N1CCCC1)(N1CCCC1)=N2.[CH]1[CH][CH][CH][CH]1.[Fe+2]. The molecule has 0 bridgehead atoms. The molecule has 13 heteroatoms. The molecule has 1 spiro atoms. The average Bonchev–Trinajstić information content (AvgIpc) is 3.90. The quantitative estimate of drug-likeness (QED) is 0.206. The van der Waals surface area contributed by atoms with Crippen molar-refractivity contribution in [2.24, 2.45) is 13.5 Å². The van der Waals surface area contributed by atoms with Crippen LogP contribution in [-0.2, 0) is 17.1 Å². The van der Waals surface area contributed by atoms with Crippen LogP contribution in [0.15, 0.2) is 13.5 Å². The van der Waals surface area contributed by atoms with Crippen molar-refractivity contribution in [1.29, 1.82) is 0 Å². The van der Waals surface area contributed by atoms with Crippen molar-refractivity contribution in [3.8, 4) is 0 Å². The summed E-state index contributed by atoms with van der Waals surface area (Å²) < 4.78 is 35.4. The summed E-state index contributed by atoms with van der Waals surface area (Å²) in [7, 11) is -6.80. The van der Waals surface area contributed by atoms with Crippen LogP contribution >= 0.6 is 22.5 Å². The van der Waals surface area contributed by atoms with Gasteiger partial charge in [-0.2, -0.15) is 13.5 Å². The van der Waals surface area contributed by atoms with Gasteiger partial charge in [0, 0.05) is 78.5 Å². The van der Waals surface area contributed by atoms with Crippen LogP contribution in [-0.4, -0.2) is 107 Å². The van der Waals surface area contributed by atoms with Gasteiger partial charge in [-0.15, -0.1) is 0 Å². The minimum absolute atomic E-state index is 0. The summed E-state index contributed by atoms with van der Waals surface area (Å²) in [5, 5.41) is 0. The Kier molecular flexibility index (Phi) is 12.4. The Hall–Kier alpha value is 0.969. The van der Waals surface area contributed by atoms with Gasteiger partial charge in [-0.25, -0.2) is 28.0 Å². The van der Waals surface area contributed by atoms with E-state index in [-0.39, 0.29) is 17.1 Å². The number of hydrogen-bond donors (Lipinski definition) is 0. The molecular weight excluding hydrogens is 647 g/mol. The van der Waals surface area contributed by atoms with Crippen LogP contribution in [0.1, 0.15) is 58.3 Å². The molecule has 6 aliphatic heterocycles. The minimum atomic E-state index is -2.30. The molecule has 10 radical (unpaired) electrons. The Morgan fingerprint density at radius 1 is 0.477 bits per heavy atom. The van der Waals surface area contributed by atoms with E-state index in [4.69, 9.17) is 13.5 Å². The van der Waals surface area contributed by atoms with E-state index in [0.717, 1.165) is 78.5 Å². The third kappa shape index (κ3) is 6.74. The molecule has 0 N–H and O–H groups in total. The molecule has 0 aromatic carbocycles. The number of nitrogens with zero attached hydrogens (tertiary/aromatic N) is 9. The maximum Gasteiger partial charge on any atom is 2.00 e. The Morgan fingerprint density at radius 3 is 1.20 bits per heavy atom. The van der Waals surface area contributed by atoms with Crippen molar-refractivity contribution in [2.75, 3.05) is 78.5 Å². The molecular formula is C31H52FeN9P3+2. The molecule has 0 amide bonds. The largest absolute Gasteiger partial charge is 2.00 e. The van der Waals surface area contributed by atoms with Crippen LogP contribution in [0.25, 0.3) is 0 Å². The second-order valence-electron chi connectivity index (χ2n) is 12.7. The Bertz CT molecular complexity index is 1020. The van der Waals surface area contributed by atoms with Gasteiger partial charge in [-0.05, 0) is 115 Å². The van der Waals surface area contributed by atoms with E-state index in [9.17, 15) is 0 Å². The summed E-state index contributed by atoms with van der Waals surface area (Å²) >= 11 is 0. The van der Waals surface area contributed by atoms with Crippen LogP contribution in [0, 0.1) is 63.7 Å². The average molecular weight is 700 g/mol. The van der Waals surface area contributed by atoms with E-state index in [1.54, 1.807) is 0 Å². The third-order valence-corrected chi connectivity index (χ3v) is 22.7. The number of likely N-dealkylation sites (N-methyl/N-ethyl adjacent to an activating group) is 1. The topological polar surface area (TPSA) is 56.5 Å². The van der Waals surface area contributed by atoms with Gasteiger partial charge in [-0.3, -0.25) is 0 Å².